The van der Waals surface area contributed by atoms with E-state index in [1.54, 1.807) is 0 Å². The zero-order valence-corrected chi connectivity index (χ0v) is 13.8. The van der Waals surface area contributed by atoms with Gasteiger partial charge in [-0.1, -0.05) is 6.92 Å². The van der Waals surface area contributed by atoms with Gasteiger partial charge in [-0.15, -0.1) is 0 Å². The molecule has 0 saturated heterocycles. The summed E-state index contributed by atoms with van der Waals surface area (Å²) in [4.78, 5) is 13.2. The molecular weight excluding hydrogens is 262 g/mol. The molecule has 1 heterocycles. The highest BCUT2D eigenvalue weighted by atomic mass is 15.3. The van der Waals surface area contributed by atoms with Gasteiger partial charge in [0.15, 0.2) is 0 Å². The predicted octanol–water partition coefficient (Wildman–Crippen LogP) is 2.29. The molecule has 118 valence electrons. The van der Waals surface area contributed by atoms with Crippen LogP contribution in [0.15, 0.2) is 12.3 Å². The largest absolute Gasteiger partial charge is 0.357 e. The first kappa shape index (κ1) is 16.0. The Morgan fingerprint density at radius 1 is 1.19 bits per heavy atom. The molecule has 0 aliphatic heterocycles. The quantitative estimate of drug-likeness (QED) is 0.871. The van der Waals surface area contributed by atoms with E-state index >= 15 is 0 Å². The van der Waals surface area contributed by atoms with E-state index in [2.05, 4.69) is 34.2 Å². The van der Waals surface area contributed by atoms with Crippen LogP contribution in [0.1, 0.15) is 39.0 Å². The number of hydrogen-bond acceptors (Lipinski definition) is 5. The summed E-state index contributed by atoms with van der Waals surface area (Å²) in [6.45, 7) is 3.37. The zero-order chi connectivity index (χ0) is 15.2. The number of rotatable bonds is 6. The summed E-state index contributed by atoms with van der Waals surface area (Å²) < 4.78 is 0. The van der Waals surface area contributed by atoms with Crippen molar-refractivity contribution >= 4 is 11.8 Å². The molecule has 5 heteroatoms. The second kappa shape index (κ2) is 7.59. The van der Waals surface area contributed by atoms with Crippen molar-refractivity contribution in [1.82, 2.24) is 15.3 Å². The summed E-state index contributed by atoms with van der Waals surface area (Å²) >= 11 is 0. The normalized spacial score (nSPS) is 22.1. The van der Waals surface area contributed by atoms with Crippen LogP contribution in [0.2, 0.25) is 0 Å². The summed E-state index contributed by atoms with van der Waals surface area (Å²) in [5.41, 5.74) is 0. The lowest BCUT2D eigenvalue weighted by Crippen LogP contribution is -2.41. The molecule has 21 heavy (non-hydrogen) atoms. The van der Waals surface area contributed by atoms with E-state index < -0.39 is 0 Å². The Bertz CT molecular complexity index is 426. The van der Waals surface area contributed by atoms with Gasteiger partial charge in [-0.3, -0.25) is 0 Å². The summed E-state index contributed by atoms with van der Waals surface area (Å²) in [5, 5.41) is 3.64. The molecule has 0 spiro atoms. The SMILES string of the molecule is CCCNC1CCC(N(C)c2ccnc(N(C)C)n2)CC1. The fraction of sp³-hybridized carbons (Fsp3) is 0.750. The van der Waals surface area contributed by atoms with E-state index in [4.69, 9.17) is 0 Å². The molecule has 5 nitrogen and oxygen atoms in total. The van der Waals surface area contributed by atoms with Gasteiger partial charge in [0.2, 0.25) is 5.95 Å². The maximum atomic E-state index is 4.64. The molecule has 1 N–H and O–H groups in total. The van der Waals surface area contributed by atoms with Crippen LogP contribution >= 0.6 is 0 Å². The second-order valence-corrected chi connectivity index (χ2v) is 6.18. The van der Waals surface area contributed by atoms with Crippen LogP contribution in [0.5, 0.6) is 0 Å². The average Bonchev–Trinajstić information content (AvgIpc) is 2.53. The first-order valence-electron chi connectivity index (χ1n) is 8.08. The van der Waals surface area contributed by atoms with E-state index in [1.807, 2.05) is 31.3 Å². The van der Waals surface area contributed by atoms with E-state index in [0.717, 1.165) is 18.3 Å². The maximum absolute atomic E-state index is 4.64. The highest BCUT2D eigenvalue weighted by molar-refractivity contribution is 5.43. The van der Waals surface area contributed by atoms with Crippen LogP contribution in [-0.2, 0) is 0 Å². The zero-order valence-electron chi connectivity index (χ0n) is 13.8. The Morgan fingerprint density at radius 3 is 2.52 bits per heavy atom. The van der Waals surface area contributed by atoms with Gasteiger partial charge < -0.3 is 15.1 Å². The molecule has 1 aromatic heterocycles. The summed E-state index contributed by atoms with van der Waals surface area (Å²) in [7, 11) is 6.11. The van der Waals surface area contributed by atoms with Gasteiger partial charge in [0, 0.05) is 39.4 Å². The molecule has 1 aliphatic carbocycles. The molecule has 0 radical (unpaired) electrons. The highest BCUT2D eigenvalue weighted by Crippen LogP contribution is 2.25. The number of nitrogens with zero attached hydrogens (tertiary/aromatic N) is 4. The number of anilines is 2. The van der Waals surface area contributed by atoms with Gasteiger partial charge in [0.1, 0.15) is 5.82 Å². The topological polar surface area (TPSA) is 44.3 Å². The van der Waals surface area contributed by atoms with Crippen molar-refractivity contribution in [1.29, 1.82) is 0 Å². The van der Waals surface area contributed by atoms with E-state index in [1.165, 1.54) is 32.1 Å². The Hall–Kier alpha value is -1.36. The van der Waals surface area contributed by atoms with Crippen molar-refractivity contribution in [3.8, 4) is 0 Å². The maximum Gasteiger partial charge on any atom is 0.226 e. The standard InChI is InChI=1S/C16H29N5/c1-5-11-17-13-6-8-14(9-7-13)21(4)15-10-12-18-16(19-15)20(2)3/h10,12-14,17H,5-9,11H2,1-4H3. The van der Waals surface area contributed by atoms with Gasteiger partial charge in [-0.2, -0.15) is 4.98 Å². The first-order chi connectivity index (χ1) is 10.1. The minimum absolute atomic E-state index is 0.592. The third kappa shape index (κ3) is 4.30. The van der Waals surface area contributed by atoms with Crippen LogP contribution in [-0.4, -0.2) is 49.7 Å². The number of nitrogens with one attached hydrogen (secondary N) is 1. The summed E-state index contributed by atoms with van der Waals surface area (Å²) in [6, 6.07) is 3.31. The Kier molecular flexibility index (Phi) is 5.79. The van der Waals surface area contributed by atoms with Gasteiger partial charge in [-0.05, 0) is 44.7 Å². The smallest absolute Gasteiger partial charge is 0.226 e. The Balaban J connectivity index is 1.92. The van der Waals surface area contributed by atoms with Crippen molar-refractivity contribution in [3.63, 3.8) is 0 Å². The van der Waals surface area contributed by atoms with Crippen molar-refractivity contribution in [3.05, 3.63) is 12.3 Å². The molecule has 2 rings (SSSR count). The van der Waals surface area contributed by atoms with Gasteiger partial charge in [-0.25, -0.2) is 4.98 Å². The average molecular weight is 291 g/mol. The fourth-order valence-electron chi connectivity index (χ4n) is 2.95. The number of hydrogen-bond donors (Lipinski definition) is 1. The van der Waals surface area contributed by atoms with Crippen molar-refractivity contribution in [2.75, 3.05) is 37.5 Å². The molecule has 0 amide bonds. The van der Waals surface area contributed by atoms with Crippen LogP contribution in [0.4, 0.5) is 11.8 Å². The van der Waals surface area contributed by atoms with E-state index in [9.17, 15) is 0 Å². The molecule has 0 unspecified atom stereocenters. The van der Waals surface area contributed by atoms with Crippen LogP contribution in [0.3, 0.4) is 0 Å². The summed E-state index contributed by atoms with van der Waals surface area (Å²) in [5.74, 6) is 1.80. The Morgan fingerprint density at radius 2 is 1.90 bits per heavy atom. The van der Waals surface area contributed by atoms with E-state index in [-0.39, 0.29) is 0 Å². The molecular formula is C16H29N5. The Labute approximate surface area is 128 Å². The van der Waals surface area contributed by atoms with Gasteiger partial charge >= 0.3 is 0 Å². The highest BCUT2D eigenvalue weighted by Gasteiger charge is 2.24. The van der Waals surface area contributed by atoms with Crippen molar-refractivity contribution in [2.45, 2.75) is 51.1 Å². The molecule has 0 bridgehead atoms. The predicted molar refractivity (Wildman–Crippen MR) is 89.1 cm³/mol. The monoisotopic (exact) mass is 291 g/mol. The van der Waals surface area contributed by atoms with Gasteiger partial charge in [0.25, 0.3) is 0 Å². The first-order valence-corrected chi connectivity index (χ1v) is 8.08. The lowest BCUT2D eigenvalue weighted by Gasteiger charge is -2.35. The molecule has 1 fully saturated rings. The van der Waals surface area contributed by atoms with Crippen LogP contribution in [0.25, 0.3) is 0 Å². The van der Waals surface area contributed by atoms with Crippen molar-refractivity contribution < 1.29 is 0 Å². The molecule has 0 aromatic carbocycles. The third-order valence-electron chi connectivity index (χ3n) is 4.32. The summed E-state index contributed by atoms with van der Waals surface area (Å²) in [6.07, 6.45) is 8.07. The van der Waals surface area contributed by atoms with Crippen LogP contribution < -0.4 is 15.1 Å². The minimum atomic E-state index is 0.592. The van der Waals surface area contributed by atoms with Gasteiger partial charge in [0.05, 0.1) is 0 Å². The lowest BCUT2D eigenvalue weighted by atomic mass is 9.90. The molecule has 1 aromatic rings. The minimum Gasteiger partial charge on any atom is -0.357 e. The third-order valence-corrected chi connectivity index (χ3v) is 4.32. The van der Waals surface area contributed by atoms with Crippen LogP contribution in [0, 0.1) is 0 Å². The van der Waals surface area contributed by atoms with E-state index in [0.29, 0.717) is 12.1 Å². The molecule has 1 saturated carbocycles. The molecule has 1 aliphatic rings. The fourth-order valence-corrected chi connectivity index (χ4v) is 2.95. The van der Waals surface area contributed by atoms with Crippen molar-refractivity contribution in [2.24, 2.45) is 0 Å². The second-order valence-electron chi connectivity index (χ2n) is 6.18. The number of aromatic nitrogens is 2. The molecule has 0 atom stereocenters. The lowest BCUT2D eigenvalue weighted by molar-refractivity contribution is 0.337.